The van der Waals surface area contributed by atoms with E-state index in [9.17, 15) is 0 Å². The predicted molar refractivity (Wildman–Crippen MR) is 89.6 cm³/mol. The van der Waals surface area contributed by atoms with Crippen LogP contribution in [-0.4, -0.2) is 30.4 Å². The molecule has 0 saturated heterocycles. The van der Waals surface area contributed by atoms with Crippen LogP contribution in [-0.2, 0) is 5.75 Å². The first kappa shape index (κ1) is 15.6. The molecule has 1 saturated carbocycles. The first-order valence-electron chi connectivity index (χ1n) is 7.78. The monoisotopic (exact) mass is 362 g/mol. The van der Waals surface area contributed by atoms with Gasteiger partial charge in [-0.25, -0.2) is 4.68 Å². The Labute approximate surface area is 147 Å². The molecule has 1 aromatic carbocycles. The van der Waals surface area contributed by atoms with Crippen molar-refractivity contribution < 1.29 is 4.42 Å². The minimum Gasteiger partial charge on any atom is -0.420 e. The Morgan fingerprint density at radius 1 is 1.12 bits per heavy atom. The van der Waals surface area contributed by atoms with E-state index in [2.05, 4.69) is 25.7 Å². The van der Waals surface area contributed by atoms with E-state index in [1.807, 2.05) is 16.8 Å². The smallest absolute Gasteiger partial charge is 0.247 e. The molecule has 1 aliphatic carbocycles. The molecule has 9 heteroatoms. The third-order valence-electron chi connectivity index (χ3n) is 4.02. The van der Waals surface area contributed by atoms with Gasteiger partial charge in [-0.3, -0.25) is 0 Å². The van der Waals surface area contributed by atoms with Gasteiger partial charge in [-0.1, -0.05) is 36.2 Å². The highest BCUT2D eigenvalue weighted by atomic mass is 35.5. The normalized spacial score (nSPS) is 15.2. The maximum absolute atomic E-state index is 5.89. The largest absolute Gasteiger partial charge is 0.420 e. The quantitative estimate of drug-likeness (QED) is 0.638. The Morgan fingerprint density at radius 2 is 1.92 bits per heavy atom. The Kier molecular flexibility index (Phi) is 4.48. The molecule has 0 bridgehead atoms. The SMILES string of the molecule is Clc1ccc(-c2nnc(CSc3nnnn3C3CCCC3)o2)cc1. The van der Waals surface area contributed by atoms with Gasteiger partial charge < -0.3 is 4.42 Å². The van der Waals surface area contributed by atoms with Crippen LogP contribution in [0.1, 0.15) is 37.6 Å². The van der Waals surface area contributed by atoms with E-state index < -0.39 is 0 Å². The van der Waals surface area contributed by atoms with E-state index in [4.69, 9.17) is 16.0 Å². The molecule has 0 radical (unpaired) electrons. The van der Waals surface area contributed by atoms with E-state index >= 15 is 0 Å². The summed E-state index contributed by atoms with van der Waals surface area (Å²) in [6, 6.07) is 7.71. The van der Waals surface area contributed by atoms with Crippen molar-refractivity contribution in [2.24, 2.45) is 0 Å². The Morgan fingerprint density at radius 3 is 2.71 bits per heavy atom. The van der Waals surface area contributed by atoms with Crippen LogP contribution in [0, 0.1) is 0 Å². The molecule has 0 N–H and O–H groups in total. The van der Waals surface area contributed by atoms with Crippen molar-refractivity contribution >= 4 is 23.4 Å². The fraction of sp³-hybridized carbons (Fsp3) is 0.400. The molecule has 2 heterocycles. The van der Waals surface area contributed by atoms with Crippen LogP contribution >= 0.6 is 23.4 Å². The summed E-state index contributed by atoms with van der Waals surface area (Å²) in [5.41, 5.74) is 0.846. The minimum atomic E-state index is 0.412. The van der Waals surface area contributed by atoms with Crippen LogP contribution in [0.3, 0.4) is 0 Å². The van der Waals surface area contributed by atoms with Gasteiger partial charge in [-0.05, 0) is 47.5 Å². The Hall–Kier alpha value is -1.93. The van der Waals surface area contributed by atoms with Gasteiger partial charge in [0.25, 0.3) is 0 Å². The summed E-state index contributed by atoms with van der Waals surface area (Å²) in [4.78, 5) is 0. The third-order valence-corrected chi connectivity index (χ3v) is 5.19. The summed E-state index contributed by atoms with van der Waals surface area (Å²) in [5, 5.41) is 21.7. The van der Waals surface area contributed by atoms with Gasteiger partial charge in [-0.15, -0.1) is 15.3 Å². The van der Waals surface area contributed by atoms with Crippen molar-refractivity contribution in [2.45, 2.75) is 42.6 Å². The molecule has 0 aliphatic heterocycles. The molecule has 0 unspecified atom stereocenters. The number of tetrazole rings is 1. The van der Waals surface area contributed by atoms with E-state index in [-0.39, 0.29) is 0 Å². The van der Waals surface area contributed by atoms with Crippen molar-refractivity contribution in [3.8, 4) is 11.5 Å². The van der Waals surface area contributed by atoms with Gasteiger partial charge in [0.2, 0.25) is 16.9 Å². The zero-order valence-corrected chi connectivity index (χ0v) is 14.4. The van der Waals surface area contributed by atoms with Crippen molar-refractivity contribution in [3.05, 3.63) is 35.2 Å². The molecule has 0 spiro atoms. The molecule has 1 aliphatic rings. The fourth-order valence-electron chi connectivity index (χ4n) is 2.81. The molecule has 2 aromatic heterocycles. The van der Waals surface area contributed by atoms with E-state index in [1.54, 1.807) is 12.1 Å². The number of rotatable bonds is 5. The fourth-order valence-corrected chi connectivity index (χ4v) is 3.71. The number of hydrogen-bond acceptors (Lipinski definition) is 7. The molecule has 3 aromatic rings. The molecule has 0 atom stereocenters. The van der Waals surface area contributed by atoms with Gasteiger partial charge in [0, 0.05) is 10.6 Å². The van der Waals surface area contributed by atoms with Gasteiger partial charge in [0.15, 0.2) is 0 Å². The maximum Gasteiger partial charge on any atom is 0.247 e. The van der Waals surface area contributed by atoms with E-state index in [0.717, 1.165) is 23.6 Å². The average molecular weight is 363 g/mol. The third kappa shape index (κ3) is 3.29. The standard InChI is InChI=1S/C15H15ClN6OS/c16-11-7-5-10(6-8-11)14-18-17-13(23-14)9-24-15-19-20-21-22(15)12-3-1-2-4-12/h5-8,12H,1-4,9H2. The summed E-state index contributed by atoms with van der Waals surface area (Å²) in [5.74, 6) is 1.57. The lowest BCUT2D eigenvalue weighted by atomic mass is 10.2. The average Bonchev–Trinajstić information content (AvgIpc) is 3.34. The lowest BCUT2D eigenvalue weighted by Gasteiger charge is -2.09. The Bertz CT molecular complexity index is 811. The number of nitrogens with zero attached hydrogens (tertiary/aromatic N) is 6. The zero-order chi connectivity index (χ0) is 16.4. The molecular weight excluding hydrogens is 348 g/mol. The number of halogens is 1. The summed E-state index contributed by atoms with van der Waals surface area (Å²) < 4.78 is 7.63. The molecule has 124 valence electrons. The highest BCUT2D eigenvalue weighted by Gasteiger charge is 2.22. The van der Waals surface area contributed by atoms with Crippen LogP contribution in [0.25, 0.3) is 11.5 Å². The van der Waals surface area contributed by atoms with Crippen molar-refractivity contribution in [1.29, 1.82) is 0 Å². The molecular formula is C15H15ClN6OS. The topological polar surface area (TPSA) is 82.5 Å². The minimum absolute atomic E-state index is 0.412. The van der Waals surface area contributed by atoms with Crippen molar-refractivity contribution in [3.63, 3.8) is 0 Å². The summed E-state index contributed by atoms with van der Waals surface area (Å²) in [6.45, 7) is 0. The second-order valence-electron chi connectivity index (χ2n) is 5.64. The highest BCUT2D eigenvalue weighted by molar-refractivity contribution is 7.98. The molecule has 24 heavy (non-hydrogen) atoms. The molecule has 0 amide bonds. The second kappa shape index (κ2) is 6.90. The van der Waals surface area contributed by atoms with Crippen molar-refractivity contribution in [1.82, 2.24) is 30.4 Å². The first-order valence-corrected chi connectivity index (χ1v) is 9.15. The lowest BCUT2D eigenvalue weighted by molar-refractivity contribution is 0.422. The predicted octanol–water partition coefficient (Wildman–Crippen LogP) is 3.78. The van der Waals surface area contributed by atoms with E-state index in [0.29, 0.717) is 28.6 Å². The number of benzene rings is 1. The van der Waals surface area contributed by atoms with Gasteiger partial charge in [0.1, 0.15) is 0 Å². The first-order chi connectivity index (χ1) is 11.8. The second-order valence-corrected chi connectivity index (χ2v) is 7.02. The highest BCUT2D eigenvalue weighted by Crippen LogP contribution is 2.32. The van der Waals surface area contributed by atoms with Crippen LogP contribution in [0.5, 0.6) is 0 Å². The van der Waals surface area contributed by atoms with Gasteiger partial charge >= 0.3 is 0 Å². The summed E-state index contributed by atoms with van der Waals surface area (Å²) >= 11 is 7.40. The van der Waals surface area contributed by atoms with Crippen molar-refractivity contribution in [2.75, 3.05) is 0 Å². The molecule has 7 nitrogen and oxygen atoms in total. The van der Waals surface area contributed by atoms with Crippen LogP contribution in [0.2, 0.25) is 5.02 Å². The van der Waals surface area contributed by atoms with Gasteiger partial charge in [0.05, 0.1) is 11.8 Å². The summed E-state index contributed by atoms with van der Waals surface area (Å²) in [6.07, 6.45) is 4.76. The van der Waals surface area contributed by atoms with Gasteiger partial charge in [-0.2, -0.15) is 0 Å². The molecule has 4 rings (SSSR count). The van der Waals surface area contributed by atoms with Crippen LogP contribution in [0.4, 0.5) is 0 Å². The number of thioether (sulfide) groups is 1. The lowest BCUT2D eigenvalue weighted by Crippen LogP contribution is -2.08. The summed E-state index contributed by atoms with van der Waals surface area (Å²) in [7, 11) is 0. The number of aromatic nitrogens is 6. The Balaban J connectivity index is 1.44. The molecule has 1 fully saturated rings. The van der Waals surface area contributed by atoms with E-state index in [1.165, 1.54) is 24.6 Å². The van der Waals surface area contributed by atoms with Crippen LogP contribution < -0.4 is 0 Å². The van der Waals surface area contributed by atoms with Crippen LogP contribution in [0.15, 0.2) is 33.8 Å². The number of hydrogen-bond donors (Lipinski definition) is 0. The maximum atomic E-state index is 5.89. The zero-order valence-electron chi connectivity index (χ0n) is 12.8.